The predicted molar refractivity (Wildman–Crippen MR) is 189 cm³/mol. The van der Waals surface area contributed by atoms with Crippen LogP contribution in [-0.2, 0) is 17.8 Å². The molecule has 0 bridgehead atoms. The molecular weight excluding hydrogens is 648 g/mol. The maximum atomic E-state index is 13.7. The second-order valence-corrected chi connectivity index (χ2v) is 13.2. The highest BCUT2D eigenvalue weighted by Gasteiger charge is 2.46. The lowest BCUT2D eigenvalue weighted by atomic mass is 9.76. The highest BCUT2D eigenvalue weighted by Crippen LogP contribution is 2.49. The normalized spacial score (nSPS) is 16.3. The molecule has 2 fully saturated rings. The second kappa shape index (κ2) is 15.5. The minimum Gasteiger partial charge on any atom is -0.496 e. The van der Waals surface area contributed by atoms with Crippen LogP contribution in [0.2, 0.25) is 0 Å². The molecule has 1 aliphatic heterocycles. The van der Waals surface area contributed by atoms with E-state index in [0.717, 1.165) is 46.1 Å². The molecule has 6 rings (SSSR count). The second-order valence-electron chi connectivity index (χ2n) is 13.2. The summed E-state index contributed by atoms with van der Waals surface area (Å²) in [6.07, 6.45) is 0.617. The van der Waals surface area contributed by atoms with Crippen molar-refractivity contribution >= 4 is 22.4 Å². The molecule has 0 radical (unpaired) electrons. The number of nitrogens with two attached hydrogens (primary N) is 1. The van der Waals surface area contributed by atoms with E-state index in [9.17, 15) is 22.4 Å². The lowest BCUT2D eigenvalue weighted by molar-refractivity contribution is -0.136. The Hall–Kier alpha value is -4.57. The molecule has 0 atom stereocenters. The largest absolute Gasteiger partial charge is 0.496 e. The summed E-state index contributed by atoms with van der Waals surface area (Å²) in [5.41, 5.74) is 11.1. The number of benzene rings is 4. The number of nitrogens with zero attached hydrogens (tertiary/aromatic N) is 1. The maximum Gasteiger partial charge on any atom is 0.303 e. The highest BCUT2D eigenvalue weighted by atomic mass is 19.3. The first kappa shape index (κ1) is 36.7. The molecular formula is C40H44F4N2O4. The molecule has 1 saturated carbocycles. The van der Waals surface area contributed by atoms with Gasteiger partial charge in [-0.3, -0.25) is 9.69 Å². The van der Waals surface area contributed by atoms with Gasteiger partial charge in [0.05, 0.1) is 19.8 Å². The molecule has 10 heteroatoms. The van der Waals surface area contributed by atoms with Crippen LogP contribution >= 0.6 is 0 Å². The Labute approximate surface area is 290 Å². The van der Waals surface area contributed by atoms with E-state index in [1.54, 1.807) is 27.2 Å². The number of likely N-dealkylation sites (tertiary alicyclic amines) is 1. The fourth-order valence-electron chi connectivity index (χ4n) is 7.00. The Morgan fingerprint density at radius 2 is 1.62 bits per heavy atom. The van der Waals surface area contributed by atoms with E-state index in [0.29, 0.717) is 48.4 Å². The first-order valence-electron chi connectivity index (χ1n) is 16.8. The minimum atomic E-state index is -2.59. The molecule has 6 nitrogen and oxygen atoms in total. The third-order valence-corrected chi connectivity index (χ3v) is 9.57. The van der Waals surface area contributed by atoms with Gasteiger partial charge in [0.25, 0.3) is 0 Å². The summed E-state index contributed by atoms with van der Waals surface area (Å²) in [6, 6.07) is 19.1. The van der Waals surface area contributed by atoms with E-state index in [1.807, 2.05) is 48.5 Å². The fraction of sp³-hybridized carbons (Fsp3) is 0.375. The number of alkyl halides is 3. The smallest absolute Gasteiger partial charge is 0.303 e. The predicted octanol–water partition coefficient (Wildman–Crippen LogP) is 9.05. The Morgan fingerprint density at radius 1 is 1.00 bits per heavy atom. The number of fused-ring (bicyclic) bond motifs is 1. The van der Waals surface area contributed by atoms with E-state index < -0.39 is 23.9 Å². The molecule has 4 aromatic rings. The van der Waals surface area contributed by atoms with Gasteiger partial charge in [-0.15, -0.1) is 0 Å². The molecule has 1 aliphatic carbocycles. The van der Waals surface area contributed by atoms with Crippen LogP contribution in [0.4, 0.5) is 17.6 Å². The summed E-state index contributed by atoms with van der Waals surface area (Å²) >= 11 is 0. The molecule has 0 spiro atoms. The zero-order chi connectivity index (χ0) is 36.2. The maximum absolute atomic E-state index is 13.7. The number of carbonyl (C=O) groups is 1. The molecule has 50 heavy (non-hydrogen) atoms. The number of aliphatic carboxylic acids is 1. The van der Waals surface area contributed by atoms with E-state index >= 15 is 0 Å². The molecule has 1 saturated heterocycles. The van der Waals surface area contributed by atoms with Crippen molar-refractivity contribution in [3.63, 3.8) is 0 Å². The van der Waals surface area contributed by atoms with Gasteiger partial charge in [0.1, 0.15) is 23.5 Å². The monoisotopic (exact) mass is 692 g/mol. The van der Waals surface area contributed by atoms with E-state index in [2.05, 4.69) is 11.5 Å². The number of aryl methyl sites for hydroxylation is 2. The topological polar surface area (TPSA) is 85.0 Å². The third-order valence-electron chi connectivity index (χ3n) is 9.57. The number of piperidine rings is 1. The van der Waals surface area contributed by atoms with Crippen LogP contribution in [0.25, 0.3) is 27.6 Å². The Bertz CT molecular complexity index is 1810. The van der Waals surface area contributed by atoms with Crippen molar-refractivity contribution < 1.29 is 36.9 Å². The molecule has 1 heterocycles. The van der Waals surface area contributed by atoms with Crippen molar-refractivity contribution in [1.82, 2.24) is 4.90 Å². The van der Waals surface area contributed by atoms with Crippen molar-refractivity contribution in [3.05, 3.63) is 101 Å². The quantitative estimate of drug-likeness (QED) is 0.161. The van der Waals surface area contributed by atoms with Crippen molar-refractivity contribution in [2.75, 3.05) is 27.3 Å². The molecule has 0 amide bonds. The van der Waals surface area contributed by atoms with Crippen LogP contribution in [0.3, 0.4) is 0 Å². The van der Waals surface area contributed by atoms with Gasteiger partial charge >= 0.3 is 5.97 Å². The highest BCUT2D eigenvalue weighted by molar-refractivity contribution is 6.01. The average Bonchev–Trinajstić information content (AvgIpc) is 3.06. The summed E-state index contributed by atoms with van der Waals surface area (Å²) in [4.78, 5) is 13.4. The molecule has 0 unspecified atom stereocenters. The lowest BCUT2D eigenvalue weighted by Crippen LogP contribution is -2.33. The third kappa shape index (κ3) is 8.41. The number of halogens is 4. The zero-order valence-electron chi connectivity index (χ0n) is 28.7. The van der Waals surface area contributed by atoms with Gasteiger partial charge < -0.3 is 20.3 Å². The minimum absolute atomic E-state index is 0.0876. The van der Waals surface area contributed by atoms with Crippen LogP contribution in [0.15, 0.2) is 67.2 Å². The van der Waals surface area contributed by atoms with Crippen molar-refractivity contribution in [2.24, 2.45) is 5.73 Å². The van der Waals surface area contributed by atoms with E-state index in [4.69, 9.17) is 20.3 Å². The van der Waals surface area contributed by atoms with Gasteiger partial charge in [-0.25, -0.2) is 17.6 Å². The fourth-order valence-corrected chi connectivity index (χ4v) is 7.00. The molecule has 2 aliphatic rings. The zero-order valence-corrected chi connectivity index (χ0v) is 28.7. The van der Waals surface area contributed by atoms with Crippen LogP contribution in [0.1, 0.15) is 65.8 Å². The van der Waals surface area contributed by atoms with Crippen LogP contribution in [0.5, 0.6) is 11.5 Å². The molecule has 4 aromatic carbocycles. The first-order chi connectivity index (χ1) is 23.8. The van der Waals surface area contributed by atoms with Gasteiger partial charge in [0, 0.05) is 50.2 Å². The summed E-state index contributed by atoms with van der Waals surface area (Å²) in [7, 11) is 3.31. The van der Waals surface area contributed by atoms with Crippen molar-refractivity contribution in [3.8, 4) is 22.6 Å². The van der Waals surface area contributed by atoms with Crippen LogP contribution < -0.4 is 15.2 Å². The van der Waals surface area contributed by atoms with Gasteiger partial charge in [-0.2, -0.15) is 0 Å². The number of rotatable bonds is 10. The van der Waals surface area contributed by atoms with Gasteiger partial charge in [0.2, 0.25) is 5.92 Å². The number of hydrogen-bond donors (Lipinski definition) is 2. The Kier molecular flexibility index (Phi) is 11.4. The van der Waals surface area contributed by atoms with Crippen molar-refractivity contribution in [2.45, 2.75) is 70.0 Å². The van der Waals surface area contributed by atoms with Gasteiger partial charge in [-0.05, 0) is 88.9 Å². The Balaban J connectivity index is 0.000000240. The first-order valence-corrected chi connectivity index (χ1v) is 16.8. The van der Waals surface area contributed by atoms with E-state index in [1.165, 1.54) is 6.07 Å². The Morgan fingerprint density at radius 3 is 2.18 bits per heavy atom. The number of methoxy groups -OCH3 is 2. The van der Waals surface area contributed by atoms with Crippen LogP contribution in [0, 0.1) is 12.7 Å². The molecule has 266 valence electrons. The van der Waals surface area contributed by atoms with Crippen molar-refractivity contribution in [1.29, 1.82) is 0 Å². The van der Waals surface area contributed by atoms with Crippen LogP contribution in [-0.4, -0.2) is 55.4 Å². The number of ether oxygens (including phenoxy) is 2. The summed E-state index contributed by atoms with van der Waals surface area (Å²) in [5.74, 6) is -2.70. The lowest BCUT2D eigenvalue weighted by Gasteiger charge is -2.35. The summed E-state index contributed by atoms with van der Waals surface area (Å²) in [5, 5.41) is 11.2. The van der Waals surface area contributed by atoms with E-state index in [-0.39, 0.29) is 36.4 Å². The summed E-state index contributed by atoms with van der Waals surface area (Å²) in [6.45, 7) is 7.41. The molecule has 0 aromatic heterocycles. The standard InChI is InChI=1S/C27H30FNO4.C13H14F3N/c1-32-24-15-18(17-29-13-11-20(28)12-14-29)16-25(33-2)27(24)23-8-4-6-21-19(9-10-26(30)31)5-3-7-22(21)23;1-7-3-9(10-5-13(15,16)6-10)4-11(14)12(7)8(2)17/h3-8,15-16,20H,9-14,17H2,1-2H3,(H,30,31);3-4,10H,2,5-6,17H2,1H3. The number of hydrogen-bond acceptors (Lipinski definition) is 5. The number of carboxylic acid groups (broad SMARTS) is 1. The van der Waals surface area contributed by atoms with Gasteiger partial charge in [-0.1, -0.05) is 49.0 Å². The molecule has 3 N–H and O–H groups in total. The number of carboxylic acids is 1. The van der Waals surface area contributed by atoms with Gasteiger partial charge in [0.15, 0.2) is 0 Å². The average molecular weight is 693 g/mol. The SMILES string of the molecule is C=C(N)c1c(C)cc(C2CC(F)(F)C2)cc1F.COc1cc(CN2CCC(F)CC2)cc(OC)c1-c1cccc2c(CCC(=O)O)cccc12. The summed E-state index contributed by atoms with van der Waals surface area (Å²) < 4.78 is 64.4.